The van der Waals surface area contributed by atoms with Crippen molar-refractivity contribution in [2.45, 2.75) is 6.92 Å². The second-order valence-corrected chi connectivity index (χ2v) is 4.87. The molecule has 2 aromatic rings. The third-order valence-electron chi connectivity index (χ3n) is 2.39. The molecule has 92 valence electrons. The van der Waals surface area contributed by atoms with E-state index in [4.69, 9.17) is 4.74 Å². The molecule has 0 spiro atoms. The van der Waals surface area contributed by atoms with Gasteiger partial charge in [0.15, 0.2) is 17.3 Å². The van der Waals surface area contributed by atoms with Crippen molar-refractivity contribution >= 4 is 28.4 Å². The lowest BCUT2D eigenvalue weighted by molar-refractivity contribution is 0.101. The van der Waals surface area contributed by atoms with Crippen molar-refractivity contribution in [3.05, 3.63) is 57.4 Å². The summed E-state index contributed by atoms with van der Waals surface area (Å²) in [5, 5.41) is 0. The number of benzene rings is 2. The van der Waals surface area contributed by atoms with Crippen LogP contribution in [0.4, 0.5) is 4.39 Å². The van der Waals surface area contributed by atoms with Gasteiger partial charge in [-0.25, -0.2) is 4.39 Å². The molecule has 0 saturated carbocycles. The molecule has 4 heteroatoms. The van der Waals surface area contributed by atoms with E-state index in [2.05, 4.69) is 22.6 Å². The summed E-state index contributed by atoms with van der Waals surface area (Å²) >= 11 is 2.10. The van der Waals surface area contributed by atoms with Crippen molar-refractivity contribution in [3.8, 4) is 11.5 Å². The number of halogens is 2. The first-order chi connectivity index (χ1) is 8.59. The number of carbonyl (C=O) groups is 1. The van der Waals surface area contributed by atoms with Gasteiger partial charge in [0, 0.05) is 0 Å². The minimum absolute atomic E-state index is 0.0193. The lowest BCUT2D eigenvalue weighted by Crippen LogP contribution is -2.00. The summed E-state index contributed by atoms with van der Waals surface area (Å²) in [6.07, 6.45) is 0. The van der Waals surface area contributed by atoms with Gasteiger partial charge in [0.2, 0.25) is 0 Å². The molecule has 0 aliphatic heterocycles. The van der Waals surface area contributed by atoms with Crippen LogP contribution in [0.2, 0.25) is 0 Å². The fourth-order valence-electron chi connectivity index (χ4n) is 1.53. The molecule has 2 aromatic carbocycles. The van der Waals surface area contributed by atoms with Crippen LogP contribution >= 0.6 is 22.6 Å². The molecule has 0 unspecified atom stereocenters. The largest absolute Gasteiger partial charge is 0.452 e. The van der Waals surface area contributed by atoms with Gasteiger partial charge in [-0.05, 0) is 53.8 Å². The van der Waals surface area contributed by atoms with Gasteiger partial charge in [-0.1, -0.05) is 18.2 Å². The van der Waals surface area contributed by atoms with Gasteiger partial charge in [0.1, 0.15) is 5.75 Å². The van der Waals surface area contributed by atoms with Gasteiger partial charge in [-0.3, -0.25) is 4.79 Å². The van der Waals surface area contributed by atoms with Crippen molar-refractivity contribution in [3.63, 3.8) is 0 Å². The molecular formula is C14H10FIO2. The Labute approximate surface area is 118 Å². The maximum atomic E-state index is 13.7. The van der Waals surface area contributed by atoms with Crippen molar-refractivity contribution < 1.29 is 13.9 Å². The van der Waals surface area contributed by atoms with Crippen LogP contribution < -0.4 is 4.74 Å². The molecule has 0 fully saturated rings. The van der Waals surface area contributed by atoms with Crippen LogP contribution in [0, 0.1) is 9.39 Å². The highest BCUT2D eigenvalue weighted by atomic mass is 127. The number of hydrogen-bond donors (Lipinski definition) is 0. The zero-order chi connectivity index (χ0) is 13.1. The minimum atomic E-state index is -0.539. The van der Waals surface area contributed by atoms with E-state index in [1.165, 1.54) is 19.1 Å². The van der Waals surface area contributed by atoms with Gasteiger partial charge in [0.05, 0.1) is 9.13 Å². The van der Waals surface area contributed by atoms with Crippen molar-refractivity contribution in [2.75, 3.05) is 0 Å². The molecule has 18 heavy (non-hydrogen) atoms. The van der Waals surface area contributed by atoms with E-state index in [0.29, 0.717) is 5.75 Å². The summed E-state index contributed by atoms with van der Waals surface area (Å²) in [6, 6.07) is 11.6. The molecule has 0 aliphatic carbocycles. The van der Waals surface area contributed by atoms with Crippen LogP contribution in [-0.4, -0.2) is 5.78 Å². The van der Waals surface area contributed by atoms with E-state index in [9.17, 15) is 9.18 Å². The number of rotatable bonds is 3. The Kier molecular flexibility index (Phi) is 3.96. The third-order valence-corrected chi connectivity index (χ3v) is 3.29. The predicted molar refractivity (Wildman–Crippen MR) is 75.6 cm³/mol. The normalized spacial score (nSPS) is 10.2. The lowest BCUT2D eigenvalue weighted by atomic mass is 10.1. The summed E-state index contributed by atoms with van der Waals surface area (Å²) in [4.78, 5) is 11.4. The van der Waals surface area contributed by atoms with Gasteiger partial charge in [-0.2, -0.15) is 0 Å². The molecule has 0 amide bonds. The van der Waals surface area contributed by atoms with Crippen LogP contribution in [0.15, 0.2) is 42.5 Å². The van der Waals surface area contributed by atoms with E-state index in [1.54, 1.807) is 18.2 Å². The Balaban J connectivity index is 2.46. The van der Waals surface area contributed by atoms with Gasteiger partial charge < -0.3 is 4.74 Å². The highest BCUT2D eigenvalue weighted by molar-refractivity contribution is 14.1. The monoisotopic (exact) mass is 356 g/mol. The Bertz CT molecular complexity index is 596. The smallest absolute Gasteiger partial charge is 0.173 e. The van der Waals surface area contributed by atoms with E-state index in [0.717, 1.165) is 3.57 Å². The molecular weight excluding hydrogens is 346 g/mol. The second kappa shape index (κ2) is 5.48. The van der Waals surface area contributed by atoms with Gasteiger partial charge in [0.25, 0.3) is 0 Å². The molecule has 0 N–H and O–H groups in total. The quantitative estimate of drug-likeness (QED) is 0.601. The average molecular weight is 356 g/mol. The summed E-state index contributed by atoms with van der Waals surface area (Å²) in [7, 11) is 0. The molecule has 0 heterocycles. The number of ketones is 1. The Hall–Kier alpha value is -1.43. The van der Waals surface area contributed by atoms with E-state index >= 15 is 0 Å². The zero-order valence-electron chi connectivity index (χ0n) is 9.61. The predicted octanol–water partition coefficient (Wildman–Crippen LogP) is 4.43. The van der Waals surface area contributed by atoms with Crippen molar-refractivity contribution in [1.82, 2.24) is 0 Å². The first kappa shape index (κ1) is 13.0. The summed E-state index contributed by atoms with van der Waals surface area (Å²) < 4.78 is 20.1. The van der Waals surface area contributed by atoms with E-state index < -0.39 is 5.82 Å². The van der Waals surface area contributed by atoms with Crippen LogP contribution in [0.5, 0.6) is 11.5 Å². The molecule has 0 atom stereocenters. The standard InChI is InChI=1S/C14H10FIO2/c1-9(17)10-5-4-6-11(15)14(10)18-13-8-3-2-7-12(13)16/h2-8H,1H3. The summed E-state index contributed by atoms with van der Waals surface area (Å²) in [5.41, 5.74) is 0.245. The zero-order valence-corrected chi connectivity index (χ0v) is 11.8. The molecule has 0 bridgehead atoms. The molecule has 0 radical (unpaired) electrons. The topological polar surface area (TPSA) is 26.3 Å². The third kappa shape index (κ3) is 2.69. The maximum Gasteiger partial charge on any atom is 0.173 e. The number of Topliss-reactive ketones (excluding diaryl/α,β-unsaturated/α-hetero) is 1. The highest BCUT2D eigenvalue weighted by Crippen LogP contribution is 2.31. The Morgan fingerprint density at radius 1 is 1.17 bits per heavy atom. The molecule has 2 rings (SSSR count). The average Bonchev–Trinajstić information content (AvgIpc) is 2.34. The fraction of sp³-hybridized carbons (Fsp3) is 0.0714. The number of carbonyl (C=O) groups excluding carboxylic acids is 1. The van der Waals surface area contributed by atoms with Gasteiger partial charge in [-0.15, -0.1) is 0 Å². The SMILES string of the molecule is CC(=O)c1cccc(F)c1Oc1ccccc1I. The van der Waals surface area contributed by atoms with Crippen LogP contribution in [-0.2, 0) is 0 Å². The summed E-state index contributed by atoms with van der Waals surface area (Å²) in [6.45, 7) is 1.39. The molecule has 0 saturated heterocycles. The minimum Gasteiger partial charge on any atom is -0.452 e. The van der Waals surface area contributed by atoms with E-state index in [-0.39, 0.29) is 17.1 Å². The van der Waals surface area contributed by atoms with Gasteiger partial charge >= 0.3 is 0 Å². The molecule has 2 nitrogen and oxygen atoms in total. The number of hydrogen-bond acceptors (Lipinski definition) is 2. The molecule has 0 aliphatic rings. The van der Waals surface area contributed by atoms with Crippen LogP contribution in [0.1, 0.15) is 17.3 Å². The van der Waals surface area contributed by atoms with Crippen LogP contribution in [0.3, 0.4) is 0 Å². The Morgan fingerprint density at radius 3 is 2.56 bits per heavy atom. The Morgan fingerprint density at radius 2 is 1.89 bits per heavy atom. The summed E-state index contributed by atoms with van der Waals surface area (Å²) in [5.74, 6) is -0.252. The van der Waals surface area contributed by atoms with E-state index in [1.807, 2.05) is 12.1 Å². The van der Waals surface area contributed by atoms with Crippen molar-refractivity contribution in [2.24, 2.45) is 0 Å². The van der Waals surface area contributed by atoms with Crippen molar-refractivity contribution in [1.29, 1.82) is 0 Å². The first-order valence-corrected chi connectivity index (χ1v) is 6.39. The lowest BCUT2D eigenvalue weighted by Gasteiger charge is -2.11. The molecule has 0 aromatic heterocycles. The number of para-hydroxylation sites is 2. The highest BCUT2D eigenvalue weighted by Gasteiger charge is 2.15. The fourth-order valence-corrected chi connectivity index (χ4v) is 2.02. The first-order valence-electron chi connectivity index (χ1n) is 5.31. The second-order valence-electron chi connectivity index (χ2n) is 3.71. The number of ether oxygens (including phenoxy) is 1. The maximum absolute atomic E-state index is 13.7. The van der Waals surface area contributed by atoms with Crippen LogP contribution in [0.25, 0.3) is 0 Å².